The first-order chi connectivity index (χ1) is 11.6. The van der Waals surface area contributed by atoms with Gasteiger partial charge in [-0.25, -0.2) is 0 Å². The molecule has 2 aromatic rings. The molecule has 0 bridgehead atoms. The Kier molecular flexibility index (Phi) is 5.04. The molecule has 0 unspecified atom stereocenters. The smallest absolute Gasteiger partial charge is 0.243 e. The van der Waals surface area contributed by atoms with E-state index in [0.29, 0.717) is 0 Å². The summed E-state index contributed by atoms with van der Waals surface area (Å²) in [6.07, 6.45) is 2.55. The van der Waals surface area contributed by atoms with E-state index in [1.54, 1.807) is 0 Å². The second-order valence-electron chi connectivity index (χ2n) is 6.44. The number of benzene rings is 2. The maximum atomic E-state index is 12.1. The average Bonchev–Trinajstić information content (AvgIpc) is 3.11. The number of aryl methyl sites for hydroxylation is 2. The second-order valence-corrected chi connectivity index (χ2v) is 6.44. The van der Waals surface area contributed by atoms with Crippen molar-refractivity contribution in [2.24, 2.45) is 0 Å². The average molecular weight is 323 g/mol. The van der Waals surface area contributed by atoms with Crippen LogP contribution < -0.4 is 15.5 Å². The fourth-order valence-corrected chi connectivity index (χ4v) is 2.97. The topological polar surface area (TPSA) is 44.4 Å². The molecule has 24 heavy (non-hydrogen) atoms. The first kappa shape index (κ1) is 16.4. The Morgan fingerprint density at radius 1 is 0.958 bits per heavy atom. The SMILES string of the molecule is Cc1ccc(NC(=O)CNc2ccc(N3CCCC3)cc2)cc1C. The Morgan fingerprint density at radius 2 is 1.62 bits per heavy atom. The number of anilines is 3. The van der Waals surface area contributed by atoms with Crippen LogP contribution in [0.4, 0.5) is 17.1 Å². The Bertz CT molecular complexity index is 703. The summed E-state index contributed by atoms with van der Waals surface area (Å²) in [6.45, 7) is 6.66. The number of carbonyl (C=O) groups is 1. The monoisotopic (exact) mass is 323 g/mol. The van der Waals surface area contributed by atoms with E-state index in [-0.39, 0.29) is 12.5 Å². The van der Waals surface area contributed by atoms with Crippen LogP contribution in [0.25, 0.3) is 0 Å². The predicted octanol–water partition coefficient (Wildman–Crippen LogP) is 3.95. The summed E-state index contributed by atoms with van der Waals surface area (Å²) >= 11 is 0. The van der Waals surface area contributed by atoms with Gasteiger partial charge in [-0.1, -0.05) is 6.07 Å². The highest BCUT2D eigenvalue weighted by atomic mass is 16.1. The number of amides is 1. The van der Waals surface area contributed by atoms with Crippen molar-refractivity contribution in [3.8, 4) is 0 Å². The fourth-order valence-electron chi connectivity index (χ4n) is 2.97. The molecule has 0 aromatic heterocycles. The van der Waals surface area contributed by atoms with Gasteiger partial charge in [-0.15, -0.1) is 0 Å². The zero-order chi connectivity index (χ0) is 16.9. The van der Waals surface area contributed by atoms with Gasteiger partial charge in [0, 0.05) is 30.2 Å². The lowest BCUT2D eigenvalue weighted by atomic mass is 10.1. The minimum absolute atomic E-state index is 0.0399. The highest BCUT2D eigenvalue weighted by molar-refractivity contribution is 5.93. The molecule has 2 N–H and O–H groups in total. The molecule has 1 aliphatic heterocycles. The third-order valence-electron chi connectivity index (χ3n) is 4.58. The molecule has 1 saturated heterocycles. The number of carbonyl (C=O) groups excluding carboxylic acids is 1. The van der Waals surface area contributed by atoms with E-state index >= 15 is 0 Å². The van der Waals surface area contributed by atoms with E-state index in [9.17, 15) is 4.79 Å². The Hall–Kier alpha value is -2.49. The number of rotatable bonds is 5. The van der Waals surface area contributed by atoms with Gasteiger partial charge in [-0.3, -0.25) is 4.79 Å². The summed E-state index contributed by atoms with van der Waals surface area (Å²) in [6, 6.07) is 14.3. The number of nitrogens with zero attached hydrogens (tertiary/aromatic N) is 1. The molecule has 0 saturated carbocycles. The Labute approximate surface area is 143 Å². The molecule has 0 spiro atoms. The standard InChI is InChI=1S/C20H25N3O/c1-15-5-6-18(13-16(15)2)22-20(24)14-21-17-7-9-19(10-8-17)23-11-3-4-12-23/h5-10,13,21H,3-4,11-12,14H2,1-2H3,(H,22,24). The Balaban J connectivity index is 1.51. The van der Waals surface area contributed by atoms with Gasteiger partial charge in [-0.2, -0.15) is 0 Å². The van der Waals surface area contributed by atoms with Crippen molar-refractivity contribution in [2.45, 2.75) is 26.7 Å². The van der Waals surface area contributed by atoms with Crippen molar-refractivity contribution in [3.63, 3.8) is 0 Å². The van der Waals surface area contributed by atoms with Gasteiger partial charge in [0.15, 0.2) is 0 Å². The number of hydrogen-bond donors (Lipinski definition) is 2. The van der Waals surface area contributed by atoms with E-state index in [1.807, 2.05) is 37.3 Å². The maximum absolute atomic E-state index is 12.1. The highest BCUT2D eigenvalue weighted by Gasteiger charge is 2.11. The first-order valence-electron chi connectivity index (χ1n) is 8.58. The van der Waals surface area contributed by atoms with E-state index < -0.39 is 0 Å². The first-order valence-corrected chi connectivity index (χ1v) is 8.58. The van der Waals surface area contributed by atoms with Crippen LogP contribution in [0.3, 0.4) is 0 Å². The summed E-state index contributed by atoms with van der Waals surface area (Å²) in [4.78, 5) is 14.5. The van der Waals surface area contributed by atoms with Crippen LogP contribution in [0, 0.1) is 13.8 Å². The molecule has 2 aromatic carbocycles. The third kappa shape index (κ3) is 4.07. The summed E-state index contributed by atoms with van der Waals surface area (Å²) in [5.74, 6) is -0.0399. The van der Waals surface area contributed by atoms with Crippen LogP contribution in [-0.2, 0) is 4.79 Å². The molecule has 126 valence electrons. The molecular formula is C20H25N3O. The van der Waals surface area contributed by atoms with Crippen molar-refractivity contribution >= 4 is 23.0 Å². The lowest BCUT2D eigenvalue weighted by Gasteiger charge is -2.18. The second kappa shape index (κ2) is 7.39. The largest absolute Gasteiger partial charge is 0.376 e. The summed E-state index contributed by atoms with van der Waals surface area (Å²) in [5.41, 5.74) is 5.47. The van der Waals surface area contributed by atoms with Gasteiger partial charge in [0.05, 0.1) is 6.54 Å². The van der Waals surface area contributed by atoms with Crippen molar-refractivity contribution in [3.05, 3.63) is 53.6 Å². The maximum Gasteiger partial charge on any atom is 0.243 e. The normalized spacial score (nSPS) is 13.8. The molecular weight excluding hydrogens is 298 g/mol. The number of hydrogen-bond acceptors (Lipinski definition) is 3. The highest BCUT2D eigenvalue weighted by Crippen LogP contribution is 2.22. The van der Waals surface area contributed by atoms with Gasteiger partial charge in [0.1, 0.15) is 0 Å². The molecule has 1 aliphatic rings. The molecule has 1 fully saturated rings. The van der Waals surface area contributed by atoms with E-state index in [4.69, 9.17) is 0 Å². The van der Waals surface area contributed by atoms with Crippen molar-refractivity contribution < 1.29 is 4.79 Å². The van der Waals surface area contributed by atoms with Crippen LogP contribution in [0.1, 0.15) is 24.0 Å². The van der Waals surface area contributed by atoms with Crippen LogP contribution in [0.5, 0.6) is 0 Å². The molecule has 4 heteroatoms. The van der Waals surface area contributed by atoms with Gasteiger partial charge in [0.25, 0.3) is 0 Å². The van der Waals surface area contributed by atoms with Gasteiger partial charge in [-0.05, 0) is 74.2 Å². The summed E-state index contributed by atoms with van der Waals surface area (Å²) < 4.78 is 0. The van der Waals surface area contributed by atoms with Crippen LogP contribution >= 0.6 is 0 Å². The van der Waals surface area contributed by atoms with Gasteiger partial charge in [0.2, 0.25) is 5.91 Å². The molecule has 4 nitrogen and oxygen atoms in total. The van der Waals surface area contributed by atoms with E-state index in [1.165, 1.54) is 29.7 Å². The fraction of sp³-hybridized carbons (Fsp3) is 0.350. The minimum Gasteiger partial charge on any atom is -0.376 e. The molecule has 1 amide bonds. The molecule has 1 heterocycles. The molecule has 0 aliphatic carbocycles. The third-order valence-corrected chi connectivity index (χ3v) is 4.58. The van der Waals surface area contributed by atoms with E-state index in [2.05, 4.69) is 34.6 Å². The van der Waals surface area contributed by atoms with Gasteiger partial charge >= 0.3 is 0 Å². The van der Waals surface area contributed by atoms with Crippen molar-refractivity contribution in [1.82, 2.24) is 0 Å². The lowest BCUT2D eigenvalue weighted by molar-refractivity contribution is -0.114. The summed E-state index contributed by atoms with van der Waals surface area (Å²) in [5, 5.41) is 6.10. The Morgan fingerprint density at radius 3 is 2.29 bits per heavy atom. The molecule has 0 atom stereocenters. The van der Waals surface area contributed by atoms with Crippen LogP contribution in [0.2, 0.25) is 0 Å². The molecule has 3 rings (SSSR count). The quantitative estimate of drug-likeness (QED) is 0.875. The predicted molar refractivity (Wildman–Crippen MR) is 101 cm³/mol. The molecule has 0 radical (unpaired) electrons. The van der Waals surface area contributed by atoms with Crippen molar-refractivity contribution in [1.29, 1.82) is 0 Å². The van der Waals surface area contributed by atoms with Crippen molar-refractivity contribution in [2.75, 3.05) is 35.2 Å². The lowest BCUT2D eigenvalue weighted by Crippen LogP contribution is -2.22. The zero-order valence-electron chi connectivity index (χ0n) is 14.4. The zero-order valence-corrected chi connectivity index (χ0v) is 14.4. The number of nitrogens with one attached hydrogen (secondary N) is 2. The minimum atomic E-state index is -0.0399. The van der Waals surface area contributed by atoms with Gasteiger partial charge < -0.3 is 15.5 Å². The van der Waals surface area contributed by atoms with E-state index in [0.717, 1.165) is 24.5 Å². The summed E-state index contributed by atoms with van der Waals surface area (Å²) in [7, 11) is 0. The van der Waals surface area contributed by atoms with Crippen LogP contribution in [0.15, 0.2) is 42.5 Å². The van der Waals surface area contributed by atoms with Crippen LogP contribution in [-0.4, -0.2) is 25.5 Å².